The summed E-state index contributed by atoms with van der Waals surface area (Å²) in [6.07, 6.45) is 0. The summed E-state index contributed by atoms with van der Waals surface area (Å²) in [5.41, 5.74) is 10.4. The third-order valence-electron chi connectivity index (χ3n) is 5.13. The molecule has 0 unspecified atom stereocenters. The van der Waals surface area contributed by atoms with Gasteiger partial charge in [0.15, 0.2) is 0 Å². The largest absolute Gasteiger partial charge is 0.0683 e. The predicted molar refractivity (Wildman–Crippen MR) is 124 cm³/mol. The Morgan fingerprint density at radius 3 is 1.04 bits per heavy atom. The SMILES string of the molecule is CC.Cc1c(-c2ccccc2)cccc1-c1cccc(-c2ccccc2)c1C. The van der Waals surface area contributed by atoms with Crippen molar-refractivity contribution in [3.63, 3.8) is 0 Å². The van der Waals surface area contributed by atoms with Crippen LogP contribution in [0.4, 0.5) is 0 Å². The zero-order valence-electron chi connectivity index (χ0n) is 17.2. The van der Waals surface area contributed by atoms with Gasteiger partial charge in [-0.3, -0.25) is 0 Å². The van der Waals surface area contributed by atoms with E-state index in [1.54, 1.807) is 0 Å². The van der Waals surface area contributed by atoms with Crippen molar-refractivity contribution >= 4 is 0 Å². The van der Waals surface area contributed by atoms with E-state index in [4.69, 9.17) is 0 Å². The molecule has 4 rings (SSSR count). The van der Waals surface area contributed by atoms with E-state index in [2.05, 4.69) is 111 Å². The third-order valence-corrected chi connectivity index (χ3v) is 5.13. The summed E-state index contributed by atoms with van der Waals surface area (Å²) in [5, 5.41) is 0. The van der Waals surface area contributed by atoms with Crippen LogP contribution in [0.2, 0.25) is 0 Å². The molecular weight excluding hydrogens is 336 g/mol. The van der Waals surface area contributed by atoms with Gasteiger partial charge in [0.25, 0.3) is 0 Å². The van der Waals surface area contributed by atoms with Gasteiger partial charge in [-0.1, -0.05) is 111 Å². The molecule has 0 fully saturated rings. The van der Waals surface area contributed by atoms with Crippen molar-refractivity contribution in [2.45, 2.75) is 27.7 Å². The van der Waals surface area contributed by atoms with Crippen LogP contribution in [0.1, 0.15) is 25.0 Å². The van der Waals surface area contributed by atoms with E-state index >= 15 is 0 Å². The molecule has 4 aromatic rings. The number of benzene rings is 4. The lowest BCUT2D eigenvalue weighted by Crippen LogP contribution is -1.92. The molecule has 28 heavy (non-hydrogen) atoms. The zero-order valence-corrected chi connectivity index (χ0v) is 17.2. The van der Waals surface area contributed by atoms with Crippen LogP contribution in [0.25, 0.3) is 33.4 Å². The quantitative estimate of drug-likeness (QED) is 0.343. The van der Waals surface area contributed by atoms with Gasteiger partial charge in [-0.25, -0.2) is 0 Å². The lowest BCUT2D eigenvalue weighted by atomic mass is 9.88. The minimum atomic E-state index is 1.27. The van der Waals surface area contributed by atoms with E-state index in [0.29, 0.717) is 0 Å². The Labute approximate surface area is 169 Å². The van der Waals surface area contributed by atoms with E-state index in [9.17, 15) is 0 Å². The summed E-state index contributed by atoms with van der Waals surface area (Å²) in [7, 11) is 0. The van der Waals surface area contributed by atoms with Crippen LogP contribution in [0, 0.1) is 13.8 Å². The highest BCUT2D eigenvalue weighted by molar-refractivity contribution is 5.83. The van der Waals surface area contributed by atoms with Gasteiger partial charge in [0.05, 0.1) is 0 Å². The Hall–Kier alpha value is -3.12. The standard InChI is InChI=1S/C26H22.C2H6/c1-19-23(21-11-5-3-6-12-21)15-9-17-25(19)26-18-10-16-24(20(26)2)22-13-7-4-8-14-22;1-2/h3-18H,1-2H3;1-2H3. The average molecular weight is 365 g/mol. The summed E-state index contributed by atoms with van der Waals surface area (Å²) >= 11 is 0. The molecule has 0 bridgehead atoms. The van der Waals surface area contributed by atoms with Crippen molar-refractivity contribution in [2.24, 2.45) is 0 Å². The molecular formula is C28H28. The van der Waals surface area contributed by atoms with Crippen LogP contribution in [-0.2, 0) is 0 Å². The fourth-order valence-corrected chi connectivity index (χ4v) is 3.72. The van der Waals surface area contributed by atoms with E-state index < -0.39 is 0 Å². The number of rotatable bonds is 3. The summed E-state index contributed by atoms with van der Waals surface area (Å²) in [6, 6.07) is 34.5. The van der Waals surface area contributed by atoms with Crippen LogP contribution < -0.4 is 0 Å². The van der Waals surface area contributed by atoms with Crippen molar-refractivity contribution in [2.75, 3.05) is 0 Å². The Morgan fingerprint density at radius 2 is 0.679 bits per heavy atom. The van der Waals surface area contributed by atoms with Crippen molar-refractivity contribution in [1.82, 2.24) is 0 Å². The third kappa shape index (κ3) is 3.92. The molecule has 0 saturated heterocycles. The Morgan fingerprint density at radius 1 is 0.357 bits per heavy atom. The molecule has 0 radical (unpaired) electrons. The average Bonchev–Trinajstić information content (AvgIpc) is 2.77. The molecule has 0 nitrogen and oxygen atoms in total. The minimum Gasteiger partial charge on any atom is -0.0683 e. The van der Waals surface area contributed by atoms with Gasteiger partial charge in [-0.2, -0.15) is 0 Å². The van der Waals surface area contributed by atoms with Crippen LogP contribution >= 0.6 is 0 Å². The lowest BCUT2D eigenvalue weighted by Gasteiger charge is -2.16. The number of hydrogen-bond donors (Lipinski definition) is 0. The first-order chi connectivity index (χ1) is 13.8. The maximum Gasteiger partial charge on any atom is -0.0146 e. The molecule has 0 aliphatic carbocycles. The normalized spacial score (nSPS) is 10.1. The highest BCUT2D eigenvalue weighted by Crippen LogP contribution is 2.36. The molecule has 0 heteroatoms. The highest BCUT2D eigenvalue weighted by Gasteiger charge is 2.12. The molecule has 140 valence electrons. The summed E-state index contributed by atoms with van der Waals surface area (Å²) in [4.78, 5) is 0. The topological polar surface area (TPSA) is 0 Å². The van der Waals surface area contributed by atoms with Gasteiger partial charge in [-0.05, 0) is 58.4 Å². The van der Waals surface area contributed by atoms with Gasteiger partial charge >= 0.3 is 0 Å². The zero-order chi connectivity index (χ0) is 19.9. The fourth-order valence-electron chi connectivity index (χ4n) is 3.72. The van der Waals surface area contributed by atoms with Gasteiger partial charge in [-0.15, -0.1) is 0 Å². The molecule has 0 N–H and O–H groups in total. The first-order valence-corrected chi connectivity index (χ1v) is 10.1. The Balaban J connectivity index is 0.00000109. The van der Waals surface area contributed by atoms with Gasteiger partial charge in [0.2, 0.25) is 0 Å². The maximum absolute atomic E-state index is 2.24. The molecule has 0 heterocycles. The van der Waals surface area contributed by atoms with E-state index in [1.165, 1.54) is 44.5 Å². The van der Waals surface area contributed by atoms with Crippen molar-refractivity contribution in [3.8, 4) is 33.4 Å². The predicted octanol–water partition coefficient (Wildman–Crippen LogP) is 8.33. The fraction of sp³-hybridized carbons (Fsp3) is 0.143. The summed E-state index contributed by atoms with van der Waals surface area (Å²) in [5.74, 6) is 0. The summed E-state index contributed by atoms with van der Waals surface area (Å²) in [6.45, 7) is 8.46. The maximum atomic E-state index is 2.24. The Bertz CT molecular complexity index is 941. The van der Waals surface area contributed by atoms with Crippen molar-refractivity contribution in [1.29, 1.82) is 0 Å². The number of hydrogen-bond acceptors (Lipinski definition) is 0. The van der Waals surface area contributed by atoms with Crippen LogP contribution in [0.15, 0.2) is 97.1 Å². The van der Waals surface area contributed by atoms with E-state index in [1.807, 2.05) is 13.8 Å². The molecule has 0 aliphatic heterocycles. The van der Waals surface area contributed by atoms with Crippen molar-refractivity contribution < 1.29 is 0 Å². The van der Waals surface area contributed by atoms with Gasteiger partial charge in [0.1, 0.15) is 0 Å². The molecule has 4 aromatic carbocycles. The second-order valence-electron chi connectivity index (χ2n) is 6.69. The summed E-state index contributed by atoms with van der Waals surface area (Å²) < 4.78 is 0. The Kier molecular flexibility index (Phi) is 6.45. The first kappa shape index (κ1) is 19.6. The van der Waals surface area contributed by atoms with Crippen LogP contribution in [0.5, 0.6) is 0 Å². The lowest BCUT2D eigenvalue weighted by molar-refractivity contribution is 1.40. The molecule has 0 saturated carbocycles. The molecule has 0 spiro atoms. The van der Waals surface area contributed by atoms with Crippen molar-refractivity contribution in [3.05, 3.63) is 108 Å². The molecule has 0 atom stereocenters. The van der Waals surface area contributed by atoms with E-state index in [0.717, 1.165) is 0 Å². The van der Waals surface area contributed by atoms with Crippen LogP contribution in [0.3, 0.4) is 0 Å². The van der Waals surface area contributed by atoms with Gasteiger partial charge < -0.3 is 0 Å². The monoisotopic (exact) mass is 364 g/mol. The smallest absolute Gasteiger partial charge is 0.0146 e. The molecule has 0 amide bonds. The highest BCUT2D eigenvalue weighted by atomic mass is 14.2. The second-order valence-corrected chi connectivity index (χ2v) is 6.69. The molecule has 0 aliphatic rings. The van der Waals surface area contributed by atoms with Gasteiger partial charge in [0, 0.05) is 0 Å². The first-order valence-electron chi connectivity index (χ1n) is 10.1. The molecule has 0 aromatic heterocycles. The minimum absolute atomic E-state index is 1.27. The second kappa shape index (κ2) is 9.19. The van der Waals surface area contributed by atoms with E-state index in [-0.39, 0.29) is 0 Å². The van der Waals surface area contributed by atoms with Crippen LogP contribution in [-0.4, -0.2) is 0 Å².